The summed E-state index contributed by atoms with van der Waals surface area (Å²) in [4.78, 5) is 29.2. The third-order valence-electron chi connectivity index (χ3n) is 6.23. The number of carboxylic acid groups (broad SMARTS) is 1. The van der Waals surface area contributed by atoms with Crippen LogP contribution in [-0.2, 0) is 21.4 Å². The molecule has 11 heteroatoms. The zero-order valence-corrected chi connectivity index (χ0v) is 24.4. The van der Waals surface area contributed by atoms with Crippen molar-refractivity contribution in [1.82, 2.24) is 10.3 Å². The second-order valence-electron chi connectivity index (χ2n) is 8.93. The minimum absolute atomic E-state index is 0. The molecular weight excluding hydrogens is 553 g/mol. The Hall–Kier alpha value is -3.55. The summed E-state index contributed by atoms with van der Waals surface area (Å²) in [5.74, 6) is -1.16. The van der Waals surface area contributed by atoms with E-state index < -0.39 is 27.9 Å². The molecule has 8 nitrogen and oxygen atoms in total. The number of nitrogens with zero attached hydrogens (tertiary/aromatic N) is 2. The number of benzene rings is 3. The summed E-state index contributed by atoms with van der Waals surface area (Å²) < 4.78 is 29.5. The quantitative estimate of drug-likeness (QED) is 0.246. The average molecular weight is 584 g/mol. The van der Waals surface area contributed by atoms with Crippen LogP contribution in [0.1, 0.15) is 23.8 Å². The Labute approximate surface area is 257 Å². The maximum atomic E-state index is 14.1. The number of carbonyl (C=O) groups excluding carboxylic acids is 1. The molecule has 0 radical (unpaired) electrons. The number of pyridine rings is 1. The minimum atomic E-state index is -4.11. The van der Waals surface area contributed by atoms with Crippen LogP contribution in [0.15, 0.2) is 108 Å². The molecule has 0 saturated carbocycles. The monoisotopic (exact) mass is 583 g/mol. The molecule has 0 spiro atoms. The topological polar surface area (TPSA) is 117 Å². The molecule has 4 rings (SSSR count). The molecule has 0 unspecified atom stereocenters. The number of aliphatic carboxylic acids is 1. The van der Waals surface area contributed by atoms with Gasteiger partial charge in [0.1, 0.15) is 6.04 Å². The minimum Gasteiger partial charge on any atom is -1.00 e. The van der Waals surface area contributed by atoms with Gasteiger partial charge in [-0.15, -0.1) is 0 Å². The van der Waals surface area contributed by atoms with Gasteiger partial charge in [0.05, 0.1) is 23.3 Å². The van der Waals surface area contributed by atoms with Crippen molar-refractivity contribution in [2.24, 2.45) is 0 Å². The molecule has 0 aliphatic rings. The number of carboxylic acids is 1. The molecule has 4 aromatic rings. The van der Waals surface area contributed by atoms with Gasteiger partial charge in [0.2, 0.25) is 0 Å². The summed E-state index contributed by atoms with van der Waals surface area (Å²) in [5.41, 5.74) is 2.36. The van der Waals surface area contributed by atoms with Crippen molar-refractivity contribution in [1.29, 1.82) is 0 Å². The Morgan fingerprint density at radius 1 is 1.00 bits per heavy atom. The summed E-state index contributed by atoms with van der Waals surface area (Å²) in [5, 5.41) is 12.2. The van der Waals surface area contributed by atoms with Crippen LogP contribution in [0.3, 0.4) is 0 Å². The molecule has 0 bridgehead atoms. The van der Waals surface area contributed by atoms with E-state index >= 15 is 0 Å². The molecule has 208 valence electrons. The molecule has 2 N–H and O–H groups in total. The third-order valence-corrected chi connectivity index (χ3v) is 8.64. The van der Waals surface area contributed by atoms with Crippen molar-refractivity contribution in [3.8, 4) is 11.1 Å². The van der Waals surface area contributed by atoms with Crippen LogP contribution in [0.25, 0.3) is 11.1 Å². The largest absolute Gasteiger partial charge is 1.00 e. The Kier molecular flexibility index (Phi) is 11.6. The second kappa shape index (κ2) is 14.9. The molecule has 0 aliphatic carbocycles. The average Bonchev–Trinajstić information content (AvgIpc) is 2.98. The van der Waals surface area contributed by atoms with Gasteiger partial charge in [-0.05, 0) is 65.5 Å². The maximum absolute atomic E-state index is 14.1. The van der Waals surface area contributed by atoms with Crippen LogP contribution < -0.4 is 28.5 Å². The Bertz CT molecular complexity index is 1560. The summed E-state index contributed by atoms with van der Waals surface area (Å²) >= 11 is 1.49. The van der Waals surface area contributed by atoms with Crippen molar-refractivity contribution < 1.29 is 43.4 Å². The number of thioether (sulfide) groups is 1. The van der Waals surface area contributed by atoms with Crippen LogP contribution in [0.2, 0.25) is 0 Å². The van der Waals surface area contributed by atoms with Gasteiger partial charge >= 0.3 is 24.8 Å². The second-order valence-corrected chi connectivity index (χ2v) is 11.8. The fraction of sp³-hybridized carbons (Fsp3) is 0.167. The van der Waals surface area contributed by atoms with Gasteiger partial charge in [0, 0.05) is 11.8 Å². The molecule has 1 amide bonds. The number of rotatable bonds is 12. The van der Waals surface area contributed by atoms with Gasteiger partial charge in [-0.2, -0.15) is 11.8 Å². The maximum Gasteiger partial charge on any atom is 1.00 e. The molecule has 1 atom stereocenters. The van der Waals surface area contributed by atoms with E-state index in [9.17, 15) is 23.1 Å². The first-order valence-corrected chi connectivity index (χ1v) is 15.3. The molecule has 0 saturated heterocycles. The first-order chi connectivity index (χ1) is 19.3. The molecule has 1 heterocycles. The number of amides is 1. The predicted octanol–water partition coefficient (Wildman–Crippen LogP) is 2.20. The van der Waals surface area contributed by atoms with E-state index in [0.717, 1.165) is 5.56 Å². The van der Waals surface area contributed by atoms with Gasteiger partial charge < -0.3 is 11.8 Å². The number of aromatic nitrogens is 1. The molecule has 0 fully saturated rings. The number of hydrogen-bond donors (Lipinski definition) is 2. The van der Waals surface area contributed by atoms with Crippen LogP contribution in [0.4, 0.5) is 5.69 Å². The smallest absolute Gasteiger partial charge is 1.00 e. The molecule has 0 aliphatic heterocycles. The van der Waals surface area contributed by atoms with Gasteiger partial charge in [0.25, 0.3) is 15.9 Å². The number of hydrogen-bond acceptors (Lipinski definition) is 6. The molecular formula is C30H30LiN3O5S2. The normalized spacial score (nSPS) is 11.6. The van der Waals surface area contributed by atoms with E-state index in [1.54, 1.807) is 42.6 Å². The van der Waals surface area contributed by atoms with Gasteiger partial charge in [0.15, 0.2) is 0 Å². The van der Waals surface area contributed by atoms with E-state index in [1.165, 1.54) is 40.5 Å². The van der Waals surface area contributed by atoms with E-state index in [2.05, 4.69) is 10.3 Å². The third kappa shape index (κ3) is 8.02. The van der Waals surface area contributed by atoms with Crippen LogP contribution in [0, 0.1) is 0 Å². The zero-order valence-electron chi connectivity index (χ0n) is 23.8. The molecule has 3 aromatic carbocycles. The van der Waals surface area contributed by atoms with E-state index in [4.69, 9.17) is 0 Å². The van der Waals surface area contributed by atoms with Gasteiger partial charge in [-0.3, -0.25) is 14.1 Å². The number of nitrogens with one attached hydrogen (secondary N) is 1. The van der Waals surface area contributed by atoms with Crippen molar-refractivity contribution >= 4 is 39.3 Å². The Morgan fingerprint density at radius 2 is 1.68 bits per heavy atom. The summed E-state index contributed by atoms with van der Waals surface area (Å²) in [6, 6.07) is 24.7. The number of carbonyl (C=O) groups is 2. The summed E-state index contributed by atoms with van der Waals surface area (Å²) in [6.45, 7) is 0.0769. The van der Waals surface area contributed by atoms with Crippen molar-refractivity contribution in [3.05, 3.63) is 115 Å². The standard InChI is InChI=1S/C30H29N3O5S2.Li.H/c1-39-18-16-28(30(35)36)32-29(34)26-15-14-25(19-27(26)23-11-6-3-7-12-23)40(37,38)33(24-13-8-17-31-20-24)21-22-9-4-2-5-10-22;;/h2-15,17,19-20,28H,16,18,21H2,1H3,(H,32,34)(H,35,36);;/q;+1;-1/t28-;;/m0../s1. The molecule has 1 aromatic heterocycles. The van der Waals surface area contributed by atoms with Crippen molar-refractivity contribution in [3.63, 3.8) is 0 Å². The summed E-state index contributed by atoms with van der Waals surface area (Å²) in [6.07, 6.45) is 5.18. The number of anilines is 1. The fourth-order valence-electron chi connectivity index (χ4n) is 4.16. The summed E-state index contributed by atoms with van der Waals surface area (Å²) in [7, 11) is -4.11. The number of sulfonamides is 1. The van der Waals surface area contributed by atoms with Crippen molar-refractivity contribution in [2.75, 3.05) is 16.3 Å². The zero-order chi connectivity index (χ0) is 28.5. The van der Waals surface area contributed by atoms with Crippen LogP contribution in [0.5, 0.6) is 0 Å². The van der Waals surface area contributed by atoms with Gasteiger partial charge in [-0.25, -0.2) is 13.2 Å². The van der Waals surface area contributed by atoms with Gasteiger partial charge in [-0.1, -0.05) is 60.7 Å². The Morgan fingerprint density at radius 3 is 2.29 bits per heavy atom. The van der Waals surface area contributed by atoms with Crippen LogP contribution in [-0.4, -0.2) is 48.4 Å². The molecule has 41 heavy (non-hydrogen) atoms. The van der Waals surface area contributed by atoms with Crippen molar-refractivity contribution in [2.45, 2.75) is 23.9 Å². The first-order valence-electron chi connectivity index (χ1n) is 12.5. The van der Waals surface area contributed by atoms with E-state index in [1.807, 2.05) is 42.7 Å². The fourth-order valence-corrected chi connectivity index (χ4v) is 6.10. The first kappa shape index (κ1) is 32.0. The van der Waals surface area contributed by atoms with E-state index in [-0.39, 0.29) is 43.7 Å². The van der Waals surface area contributed by atoms with Crippen LogP contribution >= 0.6 is 11.8 Å². The SMILES string of the molecule is CSCC[C@H](NC(=O)c1ccc(S(=O)(=O)N(Cc2ccccc2)c2cccnc2)cc1-c1ccccc1)C(=O)O.[H-].[Li+]. The van der Waals surface area contributed by atoms with E-state index in [0.29, 0.717) is 22.6 Å². The Balaban J connectivity index is 0.00000308. The predicted molar refractivity (Wildman–Crippen MR) is 159 cm³/mol.